The van der Waals surface area contributed by atoms with Gasteiger partial charge in [0.1, 0.15) is 12.3 Å². The third-order valence-corrected chi connectivity index (χ3v) is 2.90. The lowest BCUT2D eigenvalue weighted by molar-refractivity contribution is 0.131. The van der Waals surface area contributed by atoms with Crippen molar-refractivity contribution >= 4 is 0 Å². The van der Waals surface area contributed by atoms with Gasteiger partial charge in [0.15, 0.2) is 0 Å². The van der Waals surface area contributed by atoms with Crippen molar-refractivity contribution < 1.29 is 9.47 Å². The first-order valence-corrected chi connectivity index (χ1v) is 6.33. The molecule has 0 radical (unpaired) electrons. The zero-order valence-corrected chi connectivity index (χ0v) is 10.6. The Balaban J connectivity index is 1.78. The van der Waals surface area contributed by atoms with Gasteiger partial charge in [-0.2, -0.15) is 0 Å². The Bertz CT molecular complexity index is 313. The Morgan fingerprint density at radius 1 is 1.59 bits per heavy atom. The summed E-state index contributed by atoms with van der Waals surface area (Å²) >= 11 is 0. The summed E-state index contributed by atoms with van der Waals surface area (Å²) in [5.74, 6) is 1.48. The number of ether oxygens (including phenoxy) is 2. The second-order valence-electron chi connectivity index (χ2n) is 4.82. The molecule has 3 atom stereocenters. The number of epoxide rings is 1. The maximum atomic E-state index is 5.73. The first-order valence-electron chi connectivity index (χ1n) is 6.33. The van der Waals surface area contributed by atoms with E-state index in [9.17, 15) is 0 Å². The largest absolute Gasteiger partial charge is 0.495 e. The van der Waals surface area contributed by atoms with Gasteiger partial charge in [-0.05, 0) is 19.9 Å². The Kier molecular flexibility index (Phi) is 4.20. The summed E-state index contributed by atoms with van der Waals surface area (Å²) in [6, 6.07) is 0. The fourth-order valence-corrected chi connectivity index (χ4v) is 2.13. The average Bonchev–Trinajstić information content (AvgIpc) is 3.05. The summed E-state index contributed by atoms with van der Waals surface area (Å²) in [7, 11) is 0. The molecule has 0 amide bonds. The number of rotatable bonds is 6. The molecule has 17 heavy (non-hydrogen) atoms. The molecule has 1 heterocycles. The van der Waals surface area contributed by atoms with Crippen LogP contribution >= 0.6 is 0 Å². The van der Waals surface area contributed by atoms with E-state index in [0.29, 0.717) is 12.5 Å². The SMILES string of the molecule is CC(C)OC1=CC=CC(C2OC2NCCN)C1. The van der Waals surface area contributed by atoms with Crippen molar-refractivity contribution in [2.45, 2.75) is 38.7 Å². The van der Waals surface area contributed by atoms with E-state index in [4.69, 9.17) is 15.2 Å². The molecule has 0 bridgehead atoms. The molecule has 2 aliphatic rings. The van der Waals surface area contributed by atoms with Gasteiger partial charge in [-0.1, -0.05) is 12.2 Å². The molecule has 0 spiro atoms. The maximum absolute atomic E-state index is 5.73. The Morgan fingerprint density at radius 3 is 3.12 bits per heavy atom. The van der Waals surface area contributed by atoms with E-state index >= 15 is 0 Å². The predicted octanol–water partition coefficient (Wildman–Crippen LogP) is 1.14. The quantitative estimate of drug-likeness (QED) is 0.681. The summed E-state index contributed by atoms with van der Waals surface area (Å²) < 4.78 is 11.3. The smallest absolute Gasteiger partial charge is 0.135 e. The third-order valence-electron chi connectivity index (χ3n) is 2.90. The molecule has 1 aliphatic carbocycles. The minimum absolute atomic E-state index is 0.173. The van der Waals surface area contributed by atoms with E-state index in [-0.39, 0.29) is 18.4 Å². The zero-order valence-electron chi connectivity index (χ0n) is 10.6. The fourth-order valence-electron chi connectivity index (χ4n) is 2.13. The number of nitrogens with one attached hydrogen (secondary N) is 1. The summed E-state index contributed by atoms with van der Waals surface area (Å²) in [6.07, 6.45) is 7.92. The summed E-state index contributed by atoms with van der Waals surface area (Å²) in [6.45, 7) is 5.55. The van der Waals surface area contributed by atoms with Gasteiger partial charge in [-0.3, -0.25) is 5.32 Å². The Labute approximate surface area is 103 Å². The number of allylic oxidation sites excluding steroid dienone is 3. The van der Waals surface area contributed by atoms with Gasteiger partial charge in [0.25, 0.3) is 0 Å². The van der Waals surface area contributed by atoms with Crippen molar-refractivity contribution in [1.82, 2.24) is 5.32 Å². The van der Waals surface area contributed by atoms with Crippen LogP contribution in [0.25, 0.3) is 0 Å². The highest BCUT2D eigenvalue weighted by atomic mass is 16.6. The highest BCUT2D eigenvalue weighted by Crippen LogP contribution is 2.34. The van der Waals surface area contributed by atoms with Crippen LogP contribution in [0.5, 0.6) is 0 Å². The van der Waals surface area contributed by atoms with Gasteiger partial charge in [0, 0.05) is 25.4 Å². The molecule has 4 nitrogen and oxygen atoms in total. The van der Waals surface area contributed by atoms with Crippen LogP contribution in [0, 0.1) is 5.92 Å². The lowest BCUT2D eigenvalue weighted by Crippen LogP contribution is -2.28. The van der Waals surface area contributed by atoms with E-state index in [1.165, 1.54) is 0 Å². The van der Waals surface area contributed by atoms with Crippen LogP contribution in [-0.4, -0.2) is 31.5 Å². The van der Waals surface area contributed by atoms with Crippen molar-refractivity contribution in [1.29, 1.82) is 0 Å². The molecule has 4 heteroatoms. The summed E-state index contributed by atoms with van der Waals surface area (Å²) in [4.78, 5) is 0. The second kappa shape index (κ2) is 5.67. The van der Waals surface area contributed by atoms with E-state index in [2.05, 4.69) is 17.5 Å². The molecule has 1 aliphatic heterocycles. The maximum Gasteiger partial charge on any atom is 0.135 e. The molecule has 2 rings (SSSR count). The van der Waals surface area contributed by atoms with Gasteiger partial charge in [-0.25, -0.2) is 0 Å². The molecular weight excluding hydrogens is 216 g/mol. The molecule has 0 aromatic carbocycles. The van der Waals surface area contributed by atoms with Crippen LogP contribution in [0.15, 0.2) is 24.0 Å². The topological polar surface area (TPSA) is 59.8 Å². The van der Waals surface area contributed by atoms with Crippen LogP contribution in [0.3, 0.4) is 0 Å². The molecule has 1 saturated heterocycles. The Morgan fingerprint density at radius 2 is 2.41 bits per heavy atom. The normalized spacial score (nSPS) is 31.5. The van der Waals surface area contributed by atoms with Gasteiger partial charge < -0.3 is 15.2 Å². The third kappa shape index (κ3) is 3.56. The predicted molar refractivity (Wildman–Crippen MR) is 67.3 cm³/mol. The summed E-state index contributed by atoms with van der Waals surface area (Å²) in [5, 5.41) is 3.27. The van der Waals surface area contributed by atoms with Crippen LogP contribution in [0.4, 0.5) is 0 Å². The van der Waals surface area contributed by atoms with Gasteiger partial charge in [-0.15, -0.1) is 0 Å². The van der Waals surface area contributed by atoms with E-state index in [1.54, 1.807) is 0 Å². The average molecular weight is 238 g/mol. The van der Waals surface area contributed by atoms with Crippen molar-refractivity contribution in [3.8, 4) is 0 Å². The number of hydrogen-bond donors (Lipinski definition) is 2. The van der Waals surface area contributed by atoms with E-state index < -0.39 is 0 Å². The zero-order chi connectivity index (χ0) is 12.3. The molecule has 0 saturated carbocycles. The van der Waals surface area contributed by atoms with Crippen LogP contribution in [-0.2, 0) is 9.47 Å². The lowest BCUT2D eigenvalue weighted by atomic mass is 9.95. The van der Waals surface area contributed by atoms with E-state index in [1.807, 2.05) is 19.9 Å². The standard InChI is InChI=1S/C13H22N2O2/c1-9(2)16-11-5-3-4-10(8-11)12-13(17-12)15-7-6-14/h3-5,9-10,12-13,15H,6-8,14H2,1-2H3. The van der Waals surface area contributed by atoms with Crippen LogP contribution < -0.4 is 11.1 Å². The number of hydrogen-bond acceptors (Lipinski definition) is 4. The summed E-state index contributed by atoms with van der Waals surface area (Å²) in [5.41, 5.74) is 5.44. The molecule has 1 fully saturated rings. The van der Waals surface area contributed by atoms with Crippen molar-refractivity contribution in [2.24, 2.45) is 11.7 Å². The van der Waals surface area contributed by atoms with Crippen LogP contribution in [0.1, 0.15) is 20.3 Å². The van der Waals surface area contributed by atoms with Crippen molar-refractivity contribution in [3.63, 3.8) is 0 Å². The minimum atomic E-state index is 0.173. The fraction of sp³-hybridized carbons (Fsp3) is 0.692. The second-order valence-corrected chi connectivity index (χ2v) is 4.82. The monoisotopic (exact) mass is 238 g/mol. The van der Waals surface area contributed by atoms with Gasteiger partial charge in [0.05, 0.1) is 11.9 Å². The van der Waals surface area contributed by atoms with Crippen LogP contribution in [0.2, 0.25) is 0 Å². The van der Waals surface area contributed by atoms with Crippen molar-refractivity contribution in [3.05, 3.63) is 24.0 Å². The molecule has 3 unspecified atom stereocenters. The van der Waals surface area contributed by atoms with Gasteiger partial charge in [0.2, 0.25) is 0 Å². The first kappa shape index (κ1) is 12.6. The van der Waals surface area contributed by atoms with Crippen molar-refractivity contribution in [2.75, 3.05) is 13.1 Å². The van der Waals surface area contributed by atoms with E-state index in [0.717, 1.165) is 18.7 Å². The minimum Gasteiger partial charge on any atom is -0.495 e. The highest BCUT2D eigenvalue weighted by molar-refractivity contribution is 5.19. The molecule has 0 aromatic rings. The Hall–Kier alpha value is -0.840. The first-order chi connectivity index (χ1) is 8.20. The van der Waals surface area contributed by atoms with Gasteiger partial charge >= 0.3 is 0 Å². The molecule has 96 valence electrons. The number of nitrogens with two attached hydrogens (primary N) is 1. The lowest BCUT2D eigenvalue weighted by Gasteiger charge is -2.19. The highest BCUT2D eigenvalue weighted by Gasteiger charge is 2.44. The molecule has 0 aromatic heterocycles. The molecule has 3 N–H and O–H groups in total. The molecular formula is C13H22N2O2.